The Labute approximate surface area is 253 Å². The summed E-state index contributed by atoms with van der Waals surface area (Å²) in [6, 6.07) is 4.07. The lowest BCUT2D eigenvalue weighted by Gasteiger charge is -2.44. The van der Waals surface area contributed by atoms with Crippen LogP contribution in [0, 0.1) is 23.6 Å². The van der Waals surface area contributed by atoms with Crippen molar-refractivity contribution in [3.63, 3.8) is 0 Å². The van der Waals surface area contributed by atoms with Crippen molar-refractivity contribution in [3.05, 3.63) is 65.0 Å². The molecule has 1 heterocycles. The molecule has 0 aromatic heterocycles. The number of carbonyl (C=O) groups excluding carboxylic acids is 1. The SMILES string of the molecule is C[C@@H]1C[C@@H](C(=O)N2CC[C@@]3(S(=O)(=O)c4ccc(F)cc4)c4ccc(C(F)(C(F)(F)F)C(F)(F)F)cc4CC[C@@H]23)CC[C@H]1C(=O)O. The first kappa shape index (κ1) is 33.1. The Morgan fingerprint density at radius 2 is 1.56 bits per heavy atom. The Morgan fingerprint density at radius 3 is 2.11 bits per heavy atom. The molecule has 45 heavy (non-hydrogen) atoms. The highest BCUT2D eigenvalue weighted by Crippen LogP contribution is 2.57. The number of halogens is 8. The number of benzene rings is 2. The largest absolute Gasteiger partial charge is 0.481 e. The molecule has 1 saturated heterocycles. The molecule has 0 bridgehead atoms. The van der Waals surface area contributed by atoms with E-state index in [1.54, 1.807) is 6.92 Å². The number of carbonyl (C=O) groups is 2. The summed E-state index contributed by atoms with van der Waals surface area (Å²) in [5.41, 5.74) is -7.87. The molecule has 3 aliphatic rings. The number of hydrogen-bond donors (Lipinski definition) is 1. The Bertz CT molecular complexity index is 1590. The first-order valence-electron chi connectivity index (χ1n) is 14.3. The Balaban J connectivity index is 1.62. The number of nitrogens with zero attached hydrogens (tertiary/aromatic N) is 1. The highest BCUT2D eigenvalue weighted by Gasteiger charge is 2.74. The van der Waals surface area contributed by atoms with Crippen molar-refractivity contribution >= 4 is 21.7 Å². The van der Waals surface area contributed by atoms with Gasteiger partial charge in [0.2, 0.25) is 5.91 Å². The van der Waals surface area contributed by atoms with Gasteiger partial charge in [-0.15, -0.1) is 0 Å². The molecule has 2 aromatic carbocycles. The number of carboxylic acids is 1. The van der Waals surface area contributed by atoms with Crippen LogP contribution in [0.1, 0.15) is 55.7 Å². The van der Waals surface area contributed by atoms with E-state index in [1.165, 1.54) is 4.90 Å². The van der Waals surface area contributed by atoms with Gasteiger partial charge >= 0.3 is 24.0 Å². The zero-order valence-corrected chi connectivity index (χ0v) is 24.6. The zero-order chi connectivity index (χ0) is 33.3. The van der Waals surface area contributed by atoms with Gasteiger partial charge in [-0.3, -0.25) is 9.59 Å². The second kappa shape index (κ2) is 10.9. The number of rotatable bonds is 5. The third kappa shape index (κ3) is 4.99. The summed E-state index contributed by atoms with van der Waals surface area (Å²) in [4.78, 5) is 26.4. The topological polar surface area (TPSA) is 91.8 Å². The number of sulfone groups is 1. The van der Waals surface area contributed by atoms with Gasteiger partial charge in [0.1, 0.15) is 10.6 Å². The molecule has 1 amide bonds. The summed E-state index contributed by atoms with van der Waals surface area (Å²) in [7, 11) is -4.60. The number of fused-ring (bicyclic) bond motifs is 3. The summed E-state index contributed by atoms with van der Waals surface area (Å²) in [6.07, 6.45) is -12.8. The second-order valence-electron chi connectivity index (χ2n) is 12.1. The third-order valence-electron chi connectivity index (χ3n) is 9.79. The van der Waals surface area contributed by atoms with E-state index in [9.17, 15) is 58.2 Å². The van der Waals surface area contributed by atoms with Crippen LogP contribution in [0.5, 0.6) is 0 Å². The standard InChI is InChI=1S/C30H29F8NO5S/c1-16-14-18(2-9-22(16)26(41)42)25(40)39-13-12-27(45(43,44)21-7-5-20(31)6-8-21)23-10-4-19(15-17(23)3-11-24(27)39)28(32,29(33,34)35)30(36,37)38/h4-8,10,15-16,18,22,24H,2-3,9,11-14H2,1H3,(H,41,42)/t16-,18+,22-,24-,27-/m1/s1. The summed E-state index contributed by atoms with van der Waals surface area (Å²) < 4.78 is 137. The lowest BCUT2D eigenvalue weighted by Crippen LogP contribution is -2.54. The van der Waals surface area contributed by atoms with Gasteiger partial charge in [-0.2, -0.15) is 26.3 Å². The van der Waals surface area contributed by atoms with Gasteiger partial charge in [-0.25, -0.2) is 17.2 Å². The monoisotopic (exact) mass is 667 g/mol. The predicted octanol–water partition coefficient (Wildman–Crippen LogP) is 6.47. The number of alkyl halides is 7. The Morgan fingerprint density at radius 1 is 0.933 bits per heavy atom. The van der Waals surface area contributed by atoms with Crippen molar-refractivity contribution in [1.82, 2.24) is 4.90 Å². The molecule has 1 N–H and O–H groups in total. The summed E-state index contributed by atoms with van der Waals surface area (Å²) >= 11 is 0. The fourth-order valence-corrected chi connectivity index (χ4v) is 9.91. The first-order chi connectivity index (χ1) is 20.8. The number of likely N-dealkylation sites (tertiary alicyclic amines) is 1. The van der Waals surface area contributed by atoms with Crippen LogP contribution in [0.15, 0.2) is 47.4 Å². The molecular weight excluding hydrogens is 638 g/mol. The van der Waals surface area contributed by atoms with E-state index in [1.807, 2.05) is 0 Å². The average Bonchev–Trinajstić information content (AvgIpc) is 3.36. The number of hydrogen-bond acceptors (Lipinski definition) is 4. The van der Waals surface area contributed by atoms with E-state index >= 15 is 0 Å². The molecular formula is C30H29F8NO5S. The van der Waals surface area contributed by atoms with Crippen molar-refractivity contribution in [3.8, 4) is 0 Å². The molecule has 2 aromatic rings. The maximum Gasteiger partial charge on any atom is 0.435 e. The predicted molar refractivity (Wildman–Crippen MR) is 143 cm³/mol. The normalized spacial score (nSPS) is 27.5. The van der Waals surface area contributed by atoms with Gasteiger partial charge in [0.15, 0.2) is 9.84 Å². The molecule has 6 nitrogen and oxygen atoms in total. The summed E-state index contributed by atoms with van der Waals surface area (Å²) in [5.74, 6) is -3.81. The van der Waals surface area contributed by atoms with Crippen LogP contribution in [0.2, 0.25) is 0 Å². The molecule has 15 heteroatoms. The van der Waals surface area contributed by atoms with E-state index in [0.29, 0.717) is 6.07 Å². The van der Waals surface area contributed by atoms with E-state index in [0.717, 1.165) is 30.3 Å². The van der Waals surface area contributed by atoms with Crippen LogP contribution in [0.3, 0.4) is 0 Å². The van der Waals surface area contributed by atoms with E-state index < -0.39 is 73.7 Å². The first-order valence-corrected chi connectivity index (χ1v) is 15.8. The summed E-state index contributed by atoms with van der Waals surface area (Å²) in [5, 5.41) is 9.47. The van der Waals surface area contributed by atoms with Crippen LogP contribution in [0.25, 0.3) is 0 Å². The lowest BCUT2D eigenvalue weighted by atomic mass is 9.74. The highest BCUT2D eigenvalue weighted by molar-refractivity contribution is 7.92. The van der Waals surface area contributed by atoms with Gasteiger partial charge in [0.25, 0.3) is 0 Å². The van der Waals surface area contributed by atoms with Gasteiger partial charge in [0, 0.05) is 18.0 Å². The van der Waals surface area contributed by atoms with Crippen LogP contribution in [0.4, 0.5) is 35.1 Å². The fourth-order valence-electron chi connectivity index (χ4n) is 7.54. The van der Waals surface area contributed by atoms with Crippen molar-refractivity contribution in [2.45, 2.75) is 79.2 Å². The molecule has 1 saturated carbocycles. The van der Waals surface area contributed by atoms with E-state index in [-0.39, 0.29) is 73.1 Å². The smallest absolute Gasteiger partial charge is 0.435 e. The van der Waals surface area contributed by atoms with Gasteiger partial charge in [-0.1, -0.05) is 25.1 Å². The minimum atomic E-state index is -6.37. The minimum Gasteiger partial charge on any atom is -0.481 e. The van der Waals surface area contributed by atoms with Crippen LogP contribution >= 0.6 is 0 Å². The number of aliphatic carboxylic acids is 1. The number of aryl methyl sites for hydroxylation is 1. The highest BCUT2D eigenvalue weighted by atomic mass is 32.2. The maximum atomic E-state index is 15.0. The number of amides is 1. The number of carboxylic acid groups (broad SMARTS) is 1. The molecule has 2 aliphatic carbocycles. The quantitative estimate of drug-likeness (QED) is 0.292. The molecule has 1 aliphatic heterocycles. The Hall–Kier alpha value is -3.23. The molecule has 5 atom stereocenters. The average molecular weight is 668 g/mol. The van der Waals surface area contributed by atoms with Gasteiger partial charge in [-0.05, 0) is 79.8 Å². The minimum absolute atomic E-state index is 0.128. The summed E-state index contributed by atoms with van der Waals surface area (Å²) in [6.45, 7) is 1.57. The second-order valence-corrected chi connectivity index (χ2v) is 14.3. The van der Waals surface area contributed by atoms with E-state index in [4.69, 9.17) is 0 Å². The van der Waals surface area contributed by atoms with Crippen LogP contribution in [-0.4, -0.2) is 55.2 Å². The van der Waals surface area contributed by atoms with Crippen molar-refractivity contribution < 1.29 is 58.2 Å². The molecule has 2 fully saturated rings. The van der Waals surface area contributed by atoms with Gasteiger partial charge < -0.3 is 10.0 Å². The molecule has 0 unspecified atom stereocenters. The van der Waals surface area contributed by atoms with E-state index in [2.05, 4.69) is 0 Å². The van der Waals surface area contributed by atoms with Gasteiger partial charge in [0.05, 0.1) is 16.9 Å². The fraction of sp³-hybridized carbons (Fsp3) is 0.533. The van der Waals surface area contributed by atoms with Crippen LogP contribution in [-0.2, 0) is 36.3 Å². The molecule has 0 radical (unpaired) electrons. The molecule has 0 spiro atoms. The maximum absolute atomic E-state index is 15.0. The molecule has 246 valence electrons. The van der Waals surface area contributed by atoms with Crippen molar-refractivity contribution in [1.29, 1.82) is 0 Å². The van der Waals surface area contributed by atoms with Crippen molar-refractivity contribution in [2.75, 3.05) is 6.54 Å². The lowest BCUT2D eigenvalue weighted by molar-refractivity contribution is -0.348. The third-order valence-corrected chi connectivity index (χ3v) is 12.3. The zero-order valence-electron chi connectivity index (χ0n) is 23.8. The molecule has 5 rings (SSSR count). The van der Waals surface area contributed by atoms with Crippen molar-refractivity contribution in [2.24, 2.45) is 17.8 Å². The Kier molecular flexibility index (Phi) is 8.06. The van der Waals surface area contributed by atoms with Crippen LogP contribution < -0.4 is 0 Å².